The largest absolute Gasteiger partial charge is 0.398 e. The first kappa shape index (κ1) is 11.1. The summed E-state index contributed by atoms with van der Waals surface area (Å²) in [6.45, 7) is 5.81. The van der Waals surface area contributed by atoms with Crippen LogP contribution in [0.2, 0.25) is 0 Å². The molecular weight excluding hydrogens is 208 g/mol. The van der Waals surface area contributed by atoms with Crippen molar-refractivity contribution in [3.05, 3.63) is 29.3 Å². The van der Waals surface area contributed by atoms with E-state index in [1.54, 1.807) is 0 Å². The molecule has 0 bridgehead atoms. The van der Waals surface area contributed by atoms with Crippen molar-refractivity contribution in [2.45, 2.75) is 39.3 Å². The third-order valence-corrected chi connectivity index (χ3v) is 4.40. The van der Waals surface area contributed by atoms with Crippen molar-refractivity contribution in [3.63, 3.8) is 0 Å². The predicted molar refractivity (Wildman–Crippen MR) is 71.5 cm³/mol. The average molecular weight is 230 g/mol. The third-order valence-electron chi connectivity index (χ3n) is 4.40. The molecule has 1 aliphatic heterocycles. The highest BCUT2D eigenvalue weighted by atomic mass is 15.1. The SMILES string of the molecule is CC1CCC(CN2Cc3cccc(N)c3C2)C1. The molecule has 2 heteroatoms. The zero-order valence-corrected chi connectivity index (χ0v) is 10.7. The van der Waals surface area contributed by atoms with Gasteiger partial charge in [-0.2, -0.15) is 0 Å². The van der Waals surface area contributed by atoms with Crippen LogP contribution in [-0.2, 0) is 13.1 Å². The van der Waals surface area contributed by atoms with E-state index in [0.717, 1.165) is 30.6 Å². The van der Waals surface area contributed by atoms with Crippen LogP contribution in [0, 0.1) is 11.8 Å². The second-order valence-corrected chi connectivity index (χ2v) is 5.94. The van der Waals surface area contributed by atoms with E-state index < -0.39 is 0 Å². The highest BCUT2D eigenvalue weighted by molar-refractivity contribution is 5.52. The van der Waals surface area contributed by atoms with Crippen molar-refractivity contribution in [2.24, 2.45) is 11.8 Å². The Balaban J connectivity index is 1.64. The van der Waals surface area contributed by atoms with Crippen molar-refractivity contribution in [2.75, 3.05) is 12.3 Å². The number of hydrogen-bond donors (Lipinski definition) is 1. The van der Waals surface area contributed by atoms with E-state index in [1.807, 2.05) is 6.07 Å². The number of benzene rings is 1. The fraction of sp³-hybridized carbons (Fsp3) is 0.600. The molecule has 0 saturated heterocycles. The van der Waals surface area contributed by atoms with Crippen LogP contribution in [0.4, 0.5) is 5.69 Å². The van der Waals surface area contributed by atoms with E-state index in [4.69, 9.17) is 5.73 Å². The normalized spacial score (nSPS) is 28.5. The Hall–Kier alpha value is -1.02. The van der Waals surface area contributed by atoms with Gasteiger partial charge in [-0.1, -0.05) is 25.5 Å². The van der Waals surface area contributed by atoms with Crippen molar-refractivity contribution in [1.29, 1.82) is 0 Å². The molecule has 0 aromatic heterocycles. The van der Waals surface area contributed by atoms with Crippen LogP contribution in [0.3, 0.4) is 0 Å². The van der Waals surface area contributed by atoms with Gasteiger partial charge in [0.05, 0.1) is 0 Å². The van der Waals surface area contributed by atoms with Crippen LogP contribution in [0.1, 0.15) is 37.3 Å². The first-order valence-corrected chi connectivity index (χ1v) is 6.81. The Morgan fingerprint density at radius 2 is 2.18 bits per heavy atom. The molecule has 1 fully saturated rings. The third kappa shape index (κ3) is 2.19. The Labute approximate surface area is 104 Å². The fourth-order valence-electron chi connectivity index (χ4n) is 3.50. The number of anilines is 1. The number of nitrogens with zero attached hydrogens (tertiary/aromatic N) is 1. The summed E-state index contributed by atoms with van der Waals surface area (Å²) in [7, 11) is 0. The molecule has 1 aromatic rings. The summed E-state index contributed by atoms with van der Waals surface area (Å²) >= 11 is 0. The maximum Gasteiger partial charge on any atom is 0.0363 e. The monoisotopic (exact) mass is 230 g/mol. The van der Waals surface area contributed by atoms with Crippen LogP contribution < -0.4 is 5.73 Å². The molecular formula is C15H22N2. The zero-order chi connectivity index (χ0) is 11.8. The van der Waals surface area contributed by atoms with E-state index in [1.165, 1.54) is 36.9 Å². The maximum atomic E-state index is 6.04. The van der Waals surface area contributed by atoms with Gasteiger partial charge in [0.15, 0.2) is 0 Å². The molecule has 3 rings (SSSR count). The van der Waals surface area contributed by atoms with Gasteiger partial charge in [0.2, 0.25) is 0 Å². The molecule has 2 unspecified atom stereocenters. The Morgan fingerprint density at radius 3 is 2.88 bits per heavy atom. The lowest BCUT2D eigenvalue weighted by molar-refractivity contribution is 0.235. The molecule has 1 heterocycles. The van der Waals surface area contributed by atoms with Gasteiger partial charge in [0.1, 0.15) is 0 Å². The topological polar surface area (TPSA) is 29.3 Å². The van der Waals surface area contributed by atoms with Crippen molar-refractivity contribution in [1.82, 2.24) is 4.90 Å². The highest BCUT2D eigenvalue weighted by Gasteiger charge is 2.27. The van der Waals surface area contributed by atoms with E-state index in [-0.39, 0.29) is 0 Å². The Morgan fingerprint density at radius 1 is 1.29 bits per heavy atom. The van der Waals surface area contributed by atoms with Crippen LogP contribution in [0.15, 0.2) is 18.2 Å². The van der Waals surface area contributed by atoms with Gasteiger partial charge in [0, 0.05) is 25.3 Å². The van der Waals surface area contributed by atoms with Crippen molar-refractivity contribution >= 4 is 5.69 Å². The minimum atomic E-state index is 0.917. The van der Waals surface area contributed by atoms with Crippen molar-refractivity contribution < 1.29 is 0 Å². The molecule has 1 aliphatic carbocycles. The quantitative estimate of drug-likeness (QED) is 0.791. The van der Waals surface area contributed by atoms with Gasteiger partial charge in [-0.05, 0) is 41.9 Å². The summed E-state index contributed by atoms with van der Waals surface area (Å²) in [5.41, 5.74) is 9.83. The Bertz CT molecular complexity index is 413. The number of nitrogens with two attached hydrogens (primary N) is 1. The molecule has 0 radical (unpaired) electrons. The number of rotatable bonds is 2. The highest BCUT2D eigenvalue weighted by Crippen LogP contribution is 2.34. The summed E-state index contributed by atoms with van der Waals surface area (Å²) in [5.74, 6) is 1.86. The first-order valence-electron chi connectivity index (χ1n) is 6.81. The smallest absolute Gasteiger partial charge is 0.0363 e. The van der Waals surface area contributed by atoms with Gasteiger partial charge in [0.25, 0.3) is 0 Å². The van der Waals surface area contributed by atoms with Gasteiger partial charge < -0.3 is 5.73 Å². The second kappa shape index (κ2) is 4.34. The fourth-order valence-corrected chi connectivity index (χ4v) is 3.50. The lowest BCUT2D eigenvalue weighted by Gasteiger charge is -2.19. The van der Waals surface area contributed by atoms with Crippen LogP contribution >= 0.6 is 0 Å². The molecule has 1 aromatic carbocycles. The van der Waals surface area contributed by atoms with Gasteiger partial charge in [-0.25, -0.2) is 0 Å². The predicted octanol–water partition coefficient (Wildman–Crippen LogP) is 3.02. The molecule has 2 aliphatic rings. The van der Waals surface area contributed by atoms with Crippen molar-refractivity contribution in [3.8, 4) is 0 Å². The van der Waals surface area contributed by atoms with Gasteiger partial charge in [-0.15, -0.1) is 0 Å². The lowest BCUT2D eigenvalue weighted by atomic mass is 10.1. The molecule has 17 heavy (non-hydrogen) atoms. The van der Waals surface area contributed by atoms with Gasteiger partial charge >= 0.3 is 0 Å². The number of fused-ring (bicyclic) bond motifs is 1. The molecule has 0 spiro atoms. The summed E-state index contributed by atoms with van der Waals surface area (Å²) in [6, 6.07) is 6.33. The minimum Gasteiger partial charge on any atom is -0.398 e. The molecule has 2 N–H and O–H groups in total. The van der Waals surface area contributed by atoms with Crippen LogP contribution in [-0.4, -0.2) is 11.4 Å². The average Bonchev–Trinajstić information content (AvgIpc) is 2.86. The summed E-state index contributed by atoms with van der Waals surface area (Å²) in [6.07, 6.45) is 4.26. The zero-order valence-electron chi connectivity index (χ0n) is 10.7. The first-order chi connectivity index (χ1) is 8.22. The van der Waals surface area contributed by atoms with Crippen LogP contribution in [0.5, 0.6) is 0 Å². The van der Waals surface area contributed by atoms with Gasteiger partial charge in [-0.3, -0.25) is 4.90 Å². The molecule has 2 atom stereocenters. The summed E-state index contributed by atoms with van der Waals surface area (Å²) in [4.78, 5) is 2.57. The minimum absolute atomic E-state index is 0.917. The molecule has 0 amide bonds. The molecule has 2 nitrogen and oxygen atoms in total. The van der Waals surface area contributed by atoms with E-state index in [0.29, 0.717) is 0 Å². The van der Waals surface area contributed by atoms with E-state index in [9.17, 15) is 0 Å². The van der Waals surface area contributed by atoms with E-state index in [2.05, 4.69) is 24.0 Å². The second-order valence-electron chi connectivity index (χ2n) is 5.94. The summed E-state index contributed by atoms with van der Waals surface area (Å²) < 4.78 is 0. The standard InChI is InChI=1S/C15H22N2/c1-11-5-6-12(7-11)8-17-9-13-3-2-4-15(16)14(13)10-17/h2-4,11-12H,5-10,16H2,1H3. The maximum absolute atomic E-state index is 6.04. The lowest BCUT2D eigenvalue weighted by Crippen LogP contribution is -2.23. The summed E-state index contributed by atoms with van der Waals surface area (Å²) in [5, 5.41) is 0. The number of hydrogen-bond acceptors (Lipinski definition) is 2. The Kier molecular flexibility index (Phi) is 2.83. The molecule has 92 valence electrons. The van der Waals surface area contributed by atoms with Crippen LogP contribution in [0.25, 0.3) is 0 Å². The number of nitrogen functional groups attached to an aromatic ring is 1. The molecule has 1 saturated carbocycles. The van der Waals surface area contributed by atoms with E-state index >= 15 is 0 Å².